The SMILES string of the molecule is CC(=O)NC1CCC2(CCN(C)CC2)c2ccccc21. The number of hydrogen-bond donors (Lipinski definition) is 1. The zero-order valence-electron chi connectivity index (χ0n) is 12.5. The van der Waals surface area contributed by atoms with Gasteiger partial charge in [-0.3, -0.25) is 4.79 Å². The van der Waals surface area contributed by atoms with Crippen LogP contribution < -0.4 is 5.32 Å². The van der Waals surface area contributed by atoms with Crippen molar-refractivity contribution in [3.8, 4) is 0 Å². The topological polar surface area (TPSA) is 32.3 Å². The van der Waals surface area contributed by atoms with E-state index in [1.54, 1.807) is 6.92 Å². The highest BCUT2D eigenvalue weighted by Gasteiger charge is 2.41. The molecule has 0 aromatic heterocycles. The average molecular weight is 272 g/mol. The van der Waals surface area contributed by atoms with Crippen molar-refractivity contribution < 1.29 is 4.79 Å². The van der Waals surface area contributed by atoms with Gasteiger partial charge in [0, 0.05) is 6.92 Å². The van der Waals surface area contributed by atoms with E-state index in [-0.39, 0.29) is 11.9 Å². The van der Waals surface area contributed by atoms with Crippen LogP contribution in [0.2, 0.25) is 0 Å². The second-order valence-corrected chi connectivity index (χ2v) is 6.46. The maximum atomic E-state index is 11.4. The molecule has 1 atom stereocenters. The molecule has 3 nitrogen and oxygen atoms in total. The number of piperidine rings is 1. The van der Waals surface area contributed by atoms with Crippen LogP contribution in [-0.4, -0.2) is 30.9 Å². The van der Waals surface area contributed by atoms with Crippen molar-refractivity contribution in [1.29, 1.82) is 0 Å². The van der Waals surface area contributed by atoms with Crippen molar-refractivity contribution in [3.05, 3.63) is 35.4 Å². The molecular weight excluding hydrogens is 248 g/mol. The van der Waals surface area contributed by atoms with Gasteiger partial charge in [0.2, 0.25) is 5.91 Å². The Balaban J connectivity index is 1.94. The molecule has 1 aromatic carbocycles. The van der Waals surface area contributed by atoms with Crippen LogP contribution in [0.5, 0.6) is 0 Å². The Morgan fingerprint density at radius 3 is 2.65 bits per heavy atom. The fourth-order valence-corrected chi connectivity index (χ4v) is 3.96. The van der Waals surface area contributed by atoms with E-state index in [0.717, 1.165) is 6.42 Å². The van der Waals surface area contributed by atoms with Crippen LogP contribution in [0.15, 0.2) is 24.3 Å². The van der Waals surface area contributed by atoms with E-state index < -0.39 is 0 Å². The molecule has 1 aromatic rings. The smallest absolute Gasteiger partial charge is 0.217 e. The number of rotatable bonds is 1. The first-order valence-electron chi connectivity index (χ1n) is 7.66. The third-order valence-electron chi connectivity index (χ3n) is 5.14. The van der Waals surface area contributed by atoms with Crippen molar-refractivity contribution >= 4 is 5.91 Å². The summed E-state index contributed by atoms with van der Waals surface area (Å²) < 4.78 is 0. The highest BCUT2D eigenvalue weighted by Crippen LogP contribution is 2.47. The number of fused-ring (bicyclic) bond motifs is 2. The zero-order chi connectivity index (χ0) is 14.2. The van der Waals surface area contributed by atoms with Crippen molar-refractivity contribution in [3.63, 3.8) is 0 Å². The fourth-order valence-electron chi connectivity index (χ4n) is 3.96. The van der Waals surface area contributed by atoms with E-state index in [1.807, 2.05) is 0 Å². The number of carbonyl (C=O) groups excluding carboxylic acids is 1. The maximum Gasteiger partial charge on any atom is 0.217 e. The van der Waals surface area contributed by atoms with Crippen LogP contribution in [0.4, 0.5) is 0 Å². The van der Waals surface area contributed by atoms with Crippen molar-refractivity contribution in [2.45, 2.75) is 44.1 Å². The average Bonchev–Trinajstić information content (AvgIpc) is 2.45. The Labute approximate surface area is 121 Å². The van der Waals surface area contributed by atoms with Crippen molar-refractivity contribution in [1.82, 2.24) is 10.2 Å². The molecule has 1 N–H and O–H groups in total. The molecule has 1 fully saturated rings. The Hall–Kier alpha value is -1.35. The summed E-state index contributed by atoms with van der Waals surface area (Å²) in [4.78, 5) is 13.8. The van der Waals surface area contributed by atoms with Crippen LogP contribution >= 0.6 is 0 Å². The predicted molar refractivity (Wildman–Crippen MR) is 80.6 cm³/mol. The van der Waals surface area contributed by atoms with E-state index in [4.69, 9.17) is 0 Å². The first-order valence-corrected chi connectivity index (χ1v) is 7.66. The van der Waals surface area contributed by atoms with Gasteiger partial charge in [-0.05, 0) is 62.4 Å². The minimum absolute atomic E-state index is 0.0733. The molecule has 1 unspecified atom stereocenters. The van der Waals surface area contributed by atoms with E-state index >= 15 is 0 Å². The number of hydrogen-bond acceptors (Lipinski definition) is 2. The number of likely N-dealkylation sites (tertiary alicyclic amines) is 1. The molecule has 20 heavy (non-hydrogen) atoms. The second-order valence-electron chi connectivity index (χ2n) is 6.46. The van der Waals surface area contributed by atoms with Gasteiger partial charge in [0.05, 0.1) is 6.04 Å². The van der Waals surface area contributed by atoms with Gasteiger partial charge in [-0.2, -0.15) is 0 Å². The minimum atomic E-state index is 0.0733. The first kappa shape index (κ1) is 13.6. The molecule has 0 bridgehead atoms. The summed E-state index contributed by atoms with van der Waals surface area (Å²) in [6.07, 6.45) is 4.75. The molecular formula is C17H24N2O. The van der Waals surface area contributed by atoms with Gasteiger partial charge in [0.25, 0.3) is 0 Å². The molecule has 3 rings (SSSR count). The lowest BCUT2D eigenvalue weighted by Gasteiger charge is -2.46. The number of nitrogens with one attached hydrogen (secondary N) is 1. The number of nitrogens with zero attached hydrogens (tertiary/aromatic N) is 1. The summed E-state index contributed by atoms with van der Waals surface area (Å²) in [5.74, 6) is 0.0733. The van der Waals surface area contributed by atoms with Gasteiger partial charge in [0.1, 0.15) is 0 Å². The first-order chi connectivity index (χ1) is 9.61. The van der Waals surface area contributed by atoms with Crippen LogP contribution in [0.1, 0.15) is 49.8 Å². The minimum Gasteiger partial charge on any atom is -0.350 e. The van der Waals surface area contributed by atoms with E-state index in [0.29, 0.717) is 5.41 Å². The second kappa shape index (κ2) is 5.21. The Bertz CT molecular complexity index is 503. The summed E-state index contributed by atoms with van der Waals surface area (Å²) in [6, 6.07) is 8.94. The van der Waals surface area contributed by atoms with Gasteiger partial charge >= 0.3 is 0 Å². The Kier molecular flexibility index (Phi) is 3.55. The molecule has 1 saturated heterocycles. The Morgan fingerprint density at radius 2 is 1.95 bits per heavy atom. The fraction of sp³-hybridized carbons (Fsp3) is 0.588. The third-order valence-corrected chi connectivity index (χ3v) is 5.14. The van der Waals surface area contributed by atoms with Crippen LogP contribution in [0, 0.1) is 0 Å². The summed E-state index contributed by atoms with van der Waals surface area (Å²) in [5, 5.41) is 3.12. The molecule has 1 aliphatic heterocycles. The van der Waals surface area contributed by atoms with Crippen LogP contribution in [0.25, 0.3) is 0 Å². The summed E-state index contributed by atoms with van der Waals surface area (Å²) >= 11 is 0. The number of amides is 1. The highest BCUT2D eigenvalue weighted by molar-refractivity contribution is 5.73. The molecule has 0 saturated carbocycles. The molecule has 1 aliphatic carbocycles. The van der Waals surface area contributed by atoms with Gasteiger partial charge in [-0.1, -0.05) is 24.3 Å². The molecule has 1 heterocycles. The molecule has 1 amide bonds. The summed E-state index contributed by atoms with van der Waals surface area (Å²) in [7, 11) is 2.21. The highest BCUT2D eigenvalue weighted by atomic mass is 16.1. The molecule has 108 valence electrons. The number of benzene rings is 1. The zero-order valence-corrected chi connectivity index (χ0v) is 12.5. The van der Waals surface area contributed by atoms with Gasteiger partial charge in [0.15, 0.2) is 0 Å². The molecule has 2 aliphatic rings. The van der Waals surface area contributed by atoms with Crippen LogP contribution in [0.3, 0.4) is 0 Å². The molecule has 0 radical (unpaired) electrons. The number of carbonyl (C=O) groups is 1. The quantitative estimate of drug-likeness (QED) is 0.852. The van der Waals surface area contributed by atoms with E-state index in [2.05, 4.69) is 41.5 Å². The Morgan fingerprint density at radius 1 is 1.25 bits per heavy atom. The molecule has 1 spiro atoms. The maximum absolute atomic E-state index is 11.4. The predicted octanol–water partition coefficient (Wildman–Crippen LogP) is 2.62. The molecule has 3 heteroatoms. The normalized spacial score (nSPS) is 25.2. The van der Waals surface area contributed by atoms with E-state index in [9.17, 15) is 4.79 Å². The lowest BCUT2D eigenvalue weighted by molar-refractivity contribution is -0.119. The lowest BCUT2D eigenvalue weighted by Crippen LogP contribution is -2.45. The monoisotopic (exact) mass is 272 g/mol. The lowest BCUT2D eigenvalue weighted by atomic mass is 9.63. The van der Waals surface area contributed by atoms with Crippen molar-refractivity contribution in [2.24, 2.45) is 0 Å². The third kappa shape index (κ3) is 2.35. The largest absolute Gasteiger partial charge is 0.350 e. The van der Waals surface area contributed by atoms with Gasteiger partial charge in [-0.15, -0.1) is 0 Å². The van der Waals surface area contributed by atoms with E-state index in [1.165, 1.54) is 43.5 Å². The summed E-state index contributed by atoms with van der Waals surface area (Å²) in [6.45, 7) is 3.97. The van der Waals surface area contributed by atoms with Crippen molar-refractivity contribution in [2.75, 3.05) is 20.1 Å². The van der Waals surface area contributed by atoms with Gasteiger partial charge in [-0.25, -0.2) is 0 Å². The van der Waals surface area contributed by atoms with Gasteiger partial charge < -0.3 is 10.2 Å². The van der Waals surface area contributed by atoms with Crippen LogP contribution in [-0.2, 0) is 10.2 Å². The summed E-state index contributed by atoms with van der Waals surface area (Å²) in [5.41, 5.74) is 3.18. The standard InChI is InChI=1S/C17H24N2O/c1-13(20)18-16-7-8-17(9-11-19(2)12-10-17)15-6-4-3-5-14(15)16/h3-6,16H,7-12H2,1-2H3,(H,18,20).